The number of benzene rings is 1. The van der Waals surface area contributed by atoms with Gasteiger partial charge in [0.15, 0.2) is 61.4 Å². The van der Waals surface area contributed by atoms with E-state index in [1.165, 1.54) is 24.3 Å². The van der Waals surface area contributed by atoms with Crippen LogP contribution in [0.25, 0.3) is 0 Å². The third-order valence-electron chi connectivity index (χ3n) is 12.6. The number of anilines is 1. The molecule has 0 saturated carbocycles. The lowest BCUT2D eigenvalue weighted by molar-refractivity contribution is -0.360. The fourth-order valence-corrected chi connectivity index (χ4v) is 9.16. The van der Waals surface area contributed by atoms with Crippen LogP contribution < -0.4 is 10.1 Å². The van der Waals surface area contributed by atoms with Gasteiger partial charge in [-0.3, -0.25) is 57.5 Å². The number of carboxylic acids is 1. The molecule has 0 bridgehead atoms. The van der Waals surface area contributed by atoms with Crippen LogP contribution in [0.2, 0.25) is 0 Å². The number of amides is 1. The molecule has 1 amide bonds. The number of carbonyl (C=O) groups excluding carboxylic acids is 11. The van der Waals surface area contributed by atoms with Crippen molar-refractivity contribution in [2.24, 2.45) is 0 Å². The Kier molecular flexibility index (Phi) is 33.7. The second-order valence-electron chi connectivity index (χ2n) is 20.4. The summed E-state index contributed by atoms with van der Waals surface area (Å²) in [5.41, 5.74) is 0.266. The van der Waals surface area contributed by atoms with Crippen LogP contribution in [-0.4, -0.2) is 255 Å². The average Bonchev–Trinajstić information content (AvgIpc) is 0.782. The van der Waals surface area contributed by atoms with Crippen molar-refractivity contribution in [3.63, 3.8) is 0 Å². The third-order valence-corrected chi connectivity index (χ3v) is 12.6. The van der Waals surface area contributed by atoms with Crippen molar-refractivity contribution < 1.29 is 162 Å². The van der Waals surface area contributed by atoms with Gasteiger partial charge in [0.25, 0.3) is 0 Å². The number of hydrogen-bond donors (Lipinski definition) is 2. The number of esters is 10. The Bertz CT molecular complexity index is 2640. The van der Waals surface area contributed by atoms with E-state index in [1.807, 2.05) is 0 Å². The van der Waals surface area contributed by atoms with Crippen molar-refractivity contribution in [1.82, 2.24) is 0 Å². The summed E-state index contributed by atoms with van der Waals surface area (Å²) in [4.78, 5) is 151. The topological polar surface area (TPSA) is 431 Å². The van der Waals surface area contributed by atoms with Gasteiger partial charge in [-0.25, -0.2) is 0 Å². The largest absolute Gasteiger partial charge is 0.481 e. The van der Waals surface area contributed by atoms with Crippen LogP contribution in [0, 0.1) is 0 Å². The summed E-state index contributed by atoms with van der Waals surface area (Å²) in [6, 6.07) is 5.59. The SMILES string of the molecule is CC(=O)OCC1O[C@H](O[C@@H]2C(OC(C)=O)[C@@H](Oc3ccc(NC(=O)CCOCCOCCOCCOCCOCCC(=O)O)cc3)OC(CO[C@H]3OC(COC(C)=O)[C@@H](OC(C)=O)[C@H](OC(C)=O)C3OC(C)=O)[C@H]2OC(C)=O)C(OC(C)=O)[C@@H](OC(C)=O)[C@@H]1OC(C)=O. The van der Waals surface area contributed by atoms with Crippen molar-refractivity contribution in [3.8, 4) is 5.75 Å². The molecule has 3 saturated heterocycles. The Hall–Kier alpha value is -7.74. The van der Waals surface area contributed by atoms with Gasteiger partial charge in [-0.2, -0.15) is 0 Å². The first kappa shape index (κ1) is 77.7. The number of hydrogen-bond acceptors (Lipinski definition) is 33. The fourth-order valence-electron chi connectivity index (χ4n) is 9.16. The molecule has 35 heteroatoms. The standard InChI is InChI=1S/C58H81NO34/c1-30(60)78-27-42-47(81-32(3)62)50(84-35(6)65)53(86-37(8)67)56(90-42)80-29-44-49(83-34(5)64)52(93-58-54(87-38(9)68)51(85-36(7)66)48(82-33(4)63)43(92-58)28-79-31(2)61)55(88-39(10)69)57(91-44)89-41-13-11-40(12-14-41)59-45(70)15-17-73-19-21-75-23-25-77-26-24-76-22-20-74-18-16-46(71)72/h11-14,42-44,47-58H,15-29H2,1-10H3,(H,59,70)(H,71,72)/t42?,43?,44?,47-,48-,49-,50+,51+,52+,53?,54?,55?,56+,57+,58-/m1/s1. The lowest BCUT2D eigenvalue weighted by atomic mass is 9.95. The van der Waals surface area contributed by atoms with E-state index >= 15 is 0 Å². The molecule has 1 aromatic carbocycles. The predicted molar refractivity (Wildman–Crippen MR) is 301 cm³/mol. The normalized spacial score (nSPS) is 25.7. The molecule has 0 aromatic heterocycles. The van der Waals surface area contributed by atoms with Crippen molar-refractivity contribution >= 4 is 77.3 Å². The summed E-state index contributed by atoms with van der Waals surface area (Å²) in [5.74, 6) is -11.1. The predicted octanol–water partition coefficient (Wildman–Crippen LogP) is 0.108. The van der Waals surface area contributed by atoms with E-state index in [0.29, 0.717) is 13.2 Å². The molecule has 3 aliphatic heterocycles. The van der Waals surface area contributed by atoms with Crippen molar-refractivity contribution in [3.05, 3.63) is 24.3 Å². The maximum atomic E-state index is 13.3. The summed E-state index contributed by atoms with van der Waals surface area (Å²) in [6.45, 7) is 9.92. The first-order valence-corrected chi connectivity index (χ1v) is 29.2. The van der Waals surface area contributed by atoms with Gasteiger partial charge in [-0.05, 0) is 24.3 Å². The van der Waals surface area contributed by atoms with E-state index in [9.17, 15) is 57.5 Å². The maximum Gasteiger partial charge on any atom is 0.305 e. The number of carbonyl (C=O) groups is 12. The number of nitrogens with one attached hydrogen (secondary N) is 1. The quantitative estimate of drug-likeness (QED) is 0.0504. The Morgan fingerprint density at radius 1 is 0.366 bits per heavy atom. The Morgan fingerprint density at radius 3 is 1.09 bits per heavy atom. The summed E-state index contributed by atoms with van der Waals surface area (Å²) in [7, 11) is 0. The maximum absolute atomic E-state index is 13.3. The minimum atomic E-state index is -2.06. The Balaban J connectivity index is 1.67. The molecule has 6 unspecified atom stereocenters. The van der Waals surface area contributed by atoms with Crippen LogP contribution in [0.5, 0.6) is 5.75 Å². The van der Waals surface area contributed by atoms with E-state index in [0.717, 1.165) is 69.2 Å². The van der Waals surface area contributed by atoms with Crippen LogP contribution in [0.3, 0.4) is 0 Å². The molecule has 1 aromatic rings. The summed E-state index contributed by atoms with van der Waals surface area (Å²) < 4.78 is 120. The van der Waals surface area contributed by atoms with E-state index < -0.39 is 184 Å². The van der Waals surface area contributed by atoms with Gasteiger partial charge < -0.3 is 110 Å². The first-order valence-electron chi connectivity index (χ1n) is 29.2. The van der Waals surface area contributed by atoms with Crippen molar-refractivity contribution in [1.29, 1.82) is 0 Å². The number of carboxylic acid groups (broad SMARTS) is 1. The monoisotopic (exact) mass is 1340 g/mol. The molecule has 15 atom stereocenters. The third kappa shape index (κ3) is 28.6. The van der Waals surface area contributed by atoms with Gasteiger partial charge in [0.1, 0.15) is 43.4 Å². The summed E-state index contributed by atoms with van der Waals surface area (Å²) in [6.07, 6.45) is -27.2. The molecule has 3 fully saturated rings. The van der Waals surface area contributed by atoms with Crippen molar-refractivity contribution in [2.75, 3.05) is 91.2 Å². The smallest absolute Gasteiger partial charge is 0.305 e. The first-order chi connectivity index (χ1) is 44.1. The van der Waals surface area contributed by atoms with Gasteiger partial charge in [0.05, 0.1) is 85.5 Å². The minimum absolute atomic E-state index is 0.0223. The molecule has 93 heavy (non-hydrogen) atoms. The van der Waals surface area contributed by atoms with E-state index in [1.54, 1.807) is 0 Å². The van der Waals surface area contributed by atoms with Crippen LogP contribution in [-0.2, 0) is 152 Å². The van der Waals surface area contributed by atoms with Gasteiger partial charge in [0, 0.05) is 74.9 Å². The summed E-state index contributed by atoms with van der Waals surface area (Å²) >= 11 is 0. The Labute approximate surface area is 533 Å². The Morgan fingerprint density at radius 2 is 0.688 bits per heavy atom. The second-order valence-corrected chi connectivity index (χ2v) is 20.4. The lowest BCUT2D eigenvalue weighted by Gasteiger charge is -2.49. The summed E-state index contributed by atoms with van der Waals surface area (Å²) in [5, 5.41) is 11.3. The fraction of sp³-hybridized carbons (Fsp3) is 0.690. The van der Waals surface area contributed by atoms with Gasteiger partial charge >= 0.3 is 65.7 Å². The van der Waals surface area contributed by atoms with E-state index in [2.05, 4.69) is 5.32 Å². The highest BCUT2D eigenvalue weighted by atomic mass is 16.8. The highest BCUT2D eigenvalue weighted by Gasteiger charge is 2.59. The zero-order valence-electron chi connectivity index (χ0n) is 53.0. The molecule has 0 radical (unpaired) electrons. The highest BCUT2D eigenvalue weighted by molar-refractivity contribution is 5.90. The highest BCUT2D eigenvalue weighted by Crippen LogP contribution is 2.38. The average molecular weight is 1340 g/mol. The second kappa shape index (κ2) is 40.4. The molecule has 35 nitrogen and oxygen atoms in total. The van der Waals surface area contributed by atoms with Gasteiger partial charge in [0.2, 0.25) is 12.2 Å². The molecule has 2 N–H and O–H groups in total. The molecule has 3 aliphatic rings. The number of ether oxygens (including phenoxy) is 21. The lowest BCUT2D eigenvalue weighted by Crippen LogP contribution is -2.68. The molecular weight excluding hydrogens is 1250 g/mol. The molecule has 0 spiro atoms. The van der Waals surface area contributed by atoms with Crippen LogP contribution in [0.15, 0.2) is 24.3 Å². The number of rotatable bonds is 38. The number of aliphatic carboxylic acids is 1. The van der Waals surface area contributed by atoms with Crippen LogP contribution in [0.4, 0.5) is 5.69 Å². The van der Waals surface area contributed by atoms with Gasteiger partial charge in [-0.15, -0.1) is 0 Å². The molecule has 3 heterocycles. The van der Waals surface area contributed by atoms with E-state index in [4.69, 9.17) is 105 Å². The minimum Gasteiger partial charge on any atom is -0.481 e. The molecule has 522 valence electrons. The molecule has 0 aliphatic carbocycles. The molecule has 4 rings (SSSR count). The van der Waals surface area contributed by atoms with E-state index in [-0.39, 0.29) is 77.1 Å². The van der Waals surface area contributed by atoms with Crippen molar-refractivity contribution in [2.45, 2.75) is 174 Å². The van der Waals surface area contributed by atoms with Gasteiger partial charge in [-0.1, -0.05) is 0 Å². The zero-order chi connectivity index (χ0) is 68.7. The van der Waals surface area contributed by atoms with Crippen LogP contribution in [0.1, 0.15) is 82.1 Å². The molecular formula is C58H81NO34. The van der Waals surface area contributed by atoms with Crippen LogP contribution >= 0.6 is 0 Å². The zero-order valence-corrected chi connectivity index (χ0v) is 53.0.